The second kappa shape index (κ2) is 12.6. The van der Waals surface area contributed by atoms with Gasteiger partial charge in [0, 0.05) is 25.8 Å². The van der Waals surface area contributed by atoms with Crippen molar-refractivity contribution in [3.05, 3.63) is 90.0 Å². The zero-order chi connectivity index (χ0) is 26.0. The number of hydrogen-bond donors (Lipinski definition) is 1. The van der Waals surface area contributed by atoms with Gasteiger partial charge in [0.1, 0.15) is 23.9 Å². The van der Waals surface area contributed by atoms with Gasteiger partial charge in [-0.2, -0.15) is 0 Å². The Morgan fingerprint density at radius 2 is 1.73 bits per heavy atom. The van der Waals surface area contributed by atoms with Crippen LogP contribution in [0.5, 0.6) is 5.75 Å². The number of hydrogen-bond acceptors (Lipinski definition) is 6. The van der Waals surface area contributed by atoms with Crippen molar-refractivity contribution in [2.75, 3.05) is 26.9 Å². The summed E-state index contributed by atoms with van der Waals surface area (Å²) < 4.78 is 12.7. The summed E-state index contributed by atoms with van der Waals surface area (Å²) >= 11 is 0. The first-order chi connectivity index (χ1) is 18.1. The maximum absolute atomic E-state index is 13.8. The van der Waals surface area contributed by atoms with Gasteiger partial charge in [0.25, 0.3) is 0 Å². The molecule has 0 radical (unpaired) electrons. The van der Waals surface area contributed by atoms with Gasteiger partial charge in [0.15, 0.2) is 0 Å². The zero-order valence-corrected chi connectivity index (χ0v) is 21.0. The Kier molecular flexibility index (Phi) is 8.83. The molecule has 4 rings (SSSR count). The van der Waals surface area contributed by atoms with Gasteiger partial charge >= 0.3 is 0 Å². The Morgan fingerprint density at radius 3 is 2.51 bits per heavy atom. The minimum absolute atomic E-state index is 0.0799. The summed E-state index contributed by atoms with van der Waals surface area (Å²) in [6, 6.07) is 23.4. The fourth-order valence-electron chi connectivity index (χ4n) is 4.17. The third-order valence-electron chi connectivity index (χ3n) is 5.94. The lowest BCUT2D eigenvalue weighted by Gasteiger charge is -2.32. The number of ether oxygens (including phenoxy) is 2. The van der Waals surface area contributed by atoms with E-state index in [0.29, 0.717) is 30.0 Å². The Balaban J connectivity index is 1.68. The summed E-state index contributed by atoms with van der Waals surface area (Å²) in [6.45, 7) is 3.00. The highest BCUT2D eigenvalue weighted by Gasteiger charge is 2.33. The molecule has 2 amide bonds. The van der Waals surface area contributed by atoms with E-state index in [1.165, 1.54) is 4.90 Å². The molecule has 0 fully saturated rings. The van der Waals surface area contributed by atoms with Crippen LogP contribution in [0.15, 0.2) is 78.9 Å². The van der Waals surface area contributed by atoms with E-state index in [2.05, 4.69) is 15.6 Å². The van der Waals surface area contributed by atoms with Crippen molar-refractivity contribution in [2.45, 2.75) is 26.1 Å². The number of benzene rings is 3. The first kappa shape index (κ1) is 25.8. The van der Waals surface area contributed by atoms with Crippen molar-refractivity contribution in [1.29, 1.82) is 0 Å². The molecule has 192 valence electrons. The van der Waals surface area contributed by atoms with Crippen LogP contribution >= 0.6 is 0 Å². The largest absolute Gasteiger partial charge is 0.494 e. The molecule has 0 saturated carbocycles. The molecule has 0 bridgehead atoms. The summed E-state index contributed by atoms with van der Waals surface area (Å²) in [7, 11) is 1.56. The molecule has 1 N–H and O–H groups in total. The molecule has 0 unspecified atom stereocenters. The van der Waals surface area contributed by atoms with Gasteiger partial charge in [0.05, 0.1) is 18.7 Å². The highest BCUT2D eigenvalue weighted by Crippen LogP contribution is 2.30. The Bertz CT molecular complexity index is 1320. The molecule has 1 atom stereocenters. The van der Waals surface area contributed by atoms with Gasteiger partial charge in [-0.3, -0.25) is 9.59 Å². The maximum atomic E-state index is 13.8. The smallest absolute Gasteiger partial charge is 0.247 e. The zero-order valence-electron chi connectivity index (χ0n) is 21.0. The average molecular weight is 502 g/mol. The average Bonchev–Trinajstić information content (AvgIpc) is 3.33. The second-order valence-corrected chi connectivity index (χ2v) is 8.39. The predicted octanol–water partition coefficient (Wildman–Crippen LogP) is 3.36. The highest BCUT2D eigenvalue weighted by molar-refractivity contribution is 5.89. The minimum atomic E-state index is -0.941. The van der Waals surface area contributed by atoms with Crippen molar-refractivity contribution in [1.82, 2.24) is 25.2 Å². The van der Waals surface area contributed by atoms with Crippen molar-refractivity contribution in [3.63, 3.8) is 0 Å². The molecule has 3 aromatic carbocycles. The molecule has 0 aliphatic carbocycles. The van der Waals surface area contributed by atoms with Crippen LogP contribution in [0, 0.1) is 0 Å². The molecule has 1 heterocycles. The molecule has 0 aliphatic heterocycles. The van der Waals surface area contributed by atoms with E-state index in [-0.39, 0.29) is 31.5 Å². The number of nitrogens with one attached hydrogen (secondary N) is 1. The number of rotatable bonds is 12. The second-order valence-electron chi connectivity index (χ2n) is 8.39. The number of carbonyl (C=O) groups is 2. The molecule has 9 nitrogen and oxygen atoms in total. The maximum Gasteiger partial charge on any atom is 0.247 e. The van der Waals surface area contributed by atoms with Gasteiger partial charge in [-0.1, -0.05) is 65.9 Å². The highest BCUT2D eigenvalue weighted by atomic mass is 16.5. The van der Waals surface area contributed by atoms with Crippen LogP contribution in [0.3, 0.4) is 0 Å². The SMILES string of the molecule is CCOc1ccccc1[C@@H](C(=O)NCc1ccccc1)N(CCOC)C(=O)Cn1nnc2ccccc21. The summed E-state index contributed by atoms with van der Waals surface area (Å²) in [5, 5.41) is 11.3. The lowest BCUT2D eigenvalue weighted by Crippen LogP contribution is -2.46. The van der Waals surface area contributed by atoms with Crippen LogP contribution in [0.25, 0.3) is 11.0 Å². The van der Waals surface area contributed by atoms with Crippen molar-refractivity contribution in [2.24, 2.45) is 0 Å². The van der Waals surface area contributed by atoms with Crippen LogP contribution in [0.4, 0.5) is 0 Å². The molecular weight excluding hydrogens is 470 g/mol. The first-order valence-corrected chi connectivity index (χ1v) is 12.2. The number of carbonyl (C=O) groups excluding carboxylic acids is 2. The summed E-state index contributed by atoms with van der Waals surface area (Å²) in [6.07, 6.45) is 0. The number of fused-ring (bicyclic) bond motifs is 1. The van der Waals surface area contributed by atoms with E-state index in [1.807, 2.05) is 79.7 Å². The number of aromatic nitrogens is 3. The van der Waals surface area contributed by atoms with Gasteiger partial charge in [0.2, 0.25) is 11.8 Å². The van der Waals surface area contributed by atoms with Gasteiger partial charge in [-0.15, -0.1) is 5.10 Å². The van der Waals surface area contributed by atoms with Gasteiger partial charge in [-0.25, -0.2) is 4.68 Å². The lowest BCUT2D eigenvalue weighted by atomic mass is 10.0. The van der Waals surface area contributed by atoms with Crippen LogP contribution in [-0.2, 0) is 27.4 Å². The van der Waals surface area contributed by atoms with Crippen molar-refractivity contribution < 1.29 is 19.1 Å². The van der Waals surface area contributed by atoms with Gasteiger partial charge < -0.3 is 19.7 Å². The van der Waals surface area contributed by atoms with Crippen LogP contribution in [0.1, 0.15) is 24.1 Å². The van der Waals surface area contributed by atoms with E-state index in [0.717, 1.165) is 11.1 Å². The number of para-hydroxylation sites is 2. The minimum Gasteiger partial charge on any atom is -0.494 e. The standard InChI is InChI=1S/C28H31N5O4/c1-3-37-25-16-10-7-13-22(25)27(28(35)29-19-21-11-5-4-6-12-21)32(17-18-36-2)26(34)20-33-24-15-9-8-14-23(24)30-31-33/h4-16,27H,3,17-20H2,1-2H3,(H,29,35)/t27-/m0/s1. The third-order valence-corrected chi connectivity index (χ3v) is 5.94. The van der Waals surface area contributed by atoms with Crippen molar-refractivity contribution in [3.8, 4) is 5.75 Å². The molecule has 1 aromatic heterocycles. The summed E-state index contributed by atoms with van der Waals surface area (Å²) in [5.74, 6) is -0.0611. The molecule has 4 aromatic rings. The number of methoxy groups -OCH3 is 1. The molecule has 37 heavy (non-hydrogen) atoms. The summed E-state index contributed by atoms with van der Waals surface area (Å²) in [5.41, 5.74) is 2.99. The Labute approximate surface area is 216 Å². The number of amides is 2. The van der Waals surface area contributed by atoms with Crippen LogP contribution < -0.4 is 10.1 Å². The van der Waals surface area contributed by atoms with Gasteiger partial charge in [-0.05, 0) is 30.7 Å². The third kappa shape index (κ3) is 6.31. The van der Waals surface area contributed by atoms with Crippen molar-refractivity contribution >= 4 is 22.8 Å². The van der Waals surface area contributed by atoms with E-state index in [9.17, 15) is 9.59 Å². The topological polar surface area (TPSA) is 98.6 Å². The monoisotopic (exact) mass is 501 g/mol. The molecule has 0 spiro atoms. The van der Waals surface area contributed by atoms with E-state index in [1.54, 1.807) is 17.9 Å². The van der Waals surface area contributed by atoms with Crippen LogP contribution in [-0.4, -0.2) is 58.6 Å². The normalized spacial score (nSPS) is 11.7. The molecule has 0 aliphatic rings. The predicted molar refractivity (Wildman–Crippen MR) is 140 cm³/mol. The lowest BCUT2D eigenvalue weighted by molar-refractivity contribution is -0.142. The first-order valence-electron chi connectivity index (χ1n) is 12.2. The van der Waals surface area contributed by atoms with E-state index >= 15 is 0 Å². The van der Waals surface area contributed by atoms with E-state index < -0.39 is 6.04 Å². The quantitative estimate of drug-likeness (QED) is 0.320. The molecule has 0 saturated heterocycles. The van der Waals surface area contributed by atoms with Crippen LogP contribution in [0.2, 0.25) is 0 Å². The van der Waals surface area contributed by atoms with E-state index in [4.69, 9.17) is 9.47 Å². The Hall–Kier alpha value is -4.24. The molecular formula is C28H31N5O4. The molecule has 9 heteroatoms. The fraction of sp³-hybridized carbons (Fsp3) is 0.286. The fourth-order valence-corrected chi connectivity index (χ4v) is 4.17. The number of nitrogens with zero attached hydrogens (tertiary/aromatic N) is 4. The Morgan fingerprint density at radius 1 is 1.00 bits per heavy atom. The summed E-state index contributed by atoms with van der Waals surface area (Å²) in [4.78, 5) is 29.1.